The molecule has 5 rings (SSSR count). The lowest BCUT2D eigenvalue weighted by molar-refractivity contribution is 0.00578. The van der Waals surface area contributed by atoms with Crippen molar-refractivity contribution >= 4 is 46.4 Å². The van der Waals surface area contributed by atoms with E-state index in [2.05, 4.69) is 64.0 Å². The van der Waals surface area contributed by atoms with Crippen molar-refractivity contribution in [2.24, 2.45) is 0 Å². The van der Waals surface area contributed by atoms with Crippen LogP contribution in [0.5, 0.6) is 0 Å². The molecule has 1 saturated heterocycles. The number of fused-ring (bicyclic) bond motifs is 3. The highest BCUT2D eigenvalue weighted by atomic mass is 16.7. The van der Waals surface area contributed by atoms with E-state index in [1.54, 1.807) is 6.20 Å². The molecule has 164 valence electrons. The summed E-state index contributed by atoms with van der Waals surface area (Å²) in [6.07, 6.45) is 5.55. The second kappa shape index (κ2) is 7.65. The first-order valence-corrected chi connectivity index (χ1v) is 11.2. The van der Waals surface area contributed by atoms with E-state index in [-0.39, 0.29) is 0 Å². The molecule has 0 aliphatic carbocycles. The number of aromatic nitrogens is 2. The predicted molar refractivity (Wildman–Crippen MR) is 138 cm³/mol. The summed E-state index contributed by atoms with van der Waals surface area (Å²) in [7, 11) is -0.459. The van der Waals surface area contributed by atoms with Gasteiger partial charge in [0.2, 0.25) is 0 Å². The van der Waals surface area contributed by atoms with Gasteiger partial charge in [0.25, 0.3) is 0 Å². The Morgan fingerprint density at radius 3 is 2.30 bits per heavy atom. The zero-order chi connectivity index (χ0) is 23.4. The topological polar surface area (TPSA) is 44.2 Å². The van der Waals surface area contributed by atoms with E-state index in [9.17, 15) is 0 Å². The average Bonchev–Trinajstić information content (AvgIpc) is 3.04. The minimum Gasteiger partial charge on any atom is -0.399 e. The molecule has 0 amide bonds. The van der Waals surface area contributed by atoms with Crippen molar-refractivity contribution in [3.8, 4) is 11.4 Å². The Labute approximate surface area is 195 Å². The molecule has 0 spiro atoms. The summed E-state index contributed by atoms with van der Waals surface area (Å²) < 4.78 is 12.5. The van der Waals surface area contributed by atoms with Gasteiger partial charge in [0.05, 0.1) is 28.1 Å². The van der Waals surface area contributed by atoms with Crippen LogP contribution in [0.4, 0.5) is 0 Å². The molecule has 4 nitrogen and oxygen atoms in total. The van der Waals surface area contributed by atoms with Crippen LogP contribution in [-0.2, 0) is 9.31 Å². The Kier molecular flexibility index (Phi) is 5.00. The van der Waals surface area contributed by atoms with Crippen LogP contribution in [0.15, 0.2) is 67.9 Å². The molecule has 1 fully saturated rings. The Bertz CT molecular complexity index is 1410. The van der Waals surface area contributed by atoms with Crippen molar-refractivity contribution in [2.45, 2.75) is 38.9 Å². The molecule has 4 aromatic rings. The first kappa shape index (κ1) is 21.6. The fraction of sp³-hybridized carbons (Fsp3) is 0.214. The lowest BCUT2D eigenvalue weighted by Crippen LogP contribution is -2.41. The number of para-hydroxylation sites is 1. The third kappa shape index (κ3) is 3.40. The van der Waals surface area contributed by atoms with Gasteiger partial charge in [0.1, 0.15) is 0 Å². The molecule has 0 atom stereocenters. The Morgan fingerprint density at radius 1 is 0.879 bits per heavy atom. The molecule has 1 aliphatic rings. The molecule has 0 unspecified atom stereocenters. The number of hydrogen-bond acceptors (Lipinski definition) is 4. The van der Waals surface area contributed by atoms with Crippen LogP contribution in [0.25, 0.3) is 45.2 Å². The second-order valence-electron chi connectivity index (χ2n) is 9.44. The molecule has 2 aromatic heterocycles. The van der Waals surface area contributed by atoms with Gasteiger partial charge < -0.3 is 9.31 Å². The second-order valence-corrected chi connectivity index (χ2v) is 9.44. The quantitative estimate of drug-likeness (QED) is 0.290. The van der Waals surface area contributed by atoms with Crippen molar-refractivity contribution < 1.29 is 9.31 Å². The maximum atomic E-state index is 6.27. The highest BCUT2D eigenvalue weighted by Gasteiger charge is 2.51. The first-order chi connectivity index (χ1) is 15.8. The van der Waals surface area contributed by atoms with E-state index < -0.39 is 18.3 Å². The number of benzene rings is 2. The van der Waals surface area contributed by atoms with Gasteiger partial charge in [-0.1, -0.05) is 55.6 Å². The zero-order valence-electron chi connectivity index (χ0n) is 19.6. The van der Waals surface area contributed by atoms with E-state index in [0.29, 0.717) is 0 Å². The van der Waals surface area contributed by atoms with E-state index >= 15 is 0 Å². The molecule has 3 heterocycles. The maximum Gasteiger partial charge on any atom is 0.494 e. The largest absolute Gasteiger partial charge is 0.494 e. The average molecular weight is 434 g/mol. The van der Waals surface area contributed by atoms with Crippen molar-refractivity contribution in [2.75, 3.05) is 0 Å². The van der Waals surface area contributed by atoms with Crippen LogP contribution >= 0.6 is 0 Å². The summed E-state index contributed by atoms with van der Waals surface area (Å²) in [5.41, 5.74) is 4.70. The standard InChI is InChI=1S/C28H27BN2O2/c1-7-18-13-14-22-25(20(18)8-2)21-11-9-10-12-23(21)31-26(22)24-17-19(15-16-30-24)29-32-27(3,4)28(5,6)33-29/h7-17H,1-2H2,3-6H3. The van der Waals surface area contributed by atoms with Crippen LogP contribution in [-0.4, -0.2) is 28.3 Å². The lowest BCUT2D eigenvalue weighted by Gasteiger charge is -2.32. The molecule has 0 radical (unpaired) electrons. The van der Waals surface area contributed by atoms with Crippen molar-refractivity contribution in [3.05, 3.63) is 79.0 Å². The monoisotopic (exact) mass is 434 g/mol. The van der Waals surface area contributed by atoms with Crippen LogP contribution in [0.3, 0.4) is 0 Å². The van der Waals surface area contributed by atoms with Gasteiger partial charge in [0, 0.05) is 22.4 Å². The summed E-state index contributed by atoms with van der Waals surface area (Å²) in [5.74, 6) is 0. The molecular weight excluding hydrogens is 407 g/mol. The van der Waals surface area contributed by atoms with E-state index in [4.69, 9.17) is 14.3 Å². The summed E-state index contributed by atoms with van der Waals surface area (Å²) in [6.45, 7) is 16.3. The molecule has 0 saturated carbocycles. The Balaban J connectivity index is 1.74. The van der Waals surface area contributed by atoms with Crippen LogP contribution in [0.1, 0.15) is 38.8 Å². The summed E-state index contributed by atoms with van der Waals surface area (Å²) in [5, 5.41) is 3.20. The van der Waals surface area contributed by atoms with Crippen LogP contribution in [0.2, 0.25) is 0 Å². The van der Waals surface area contributed by atoms with Gasteiger partial charge >= 0.3 is 7.12 Å². The van der Waals surface area contributed by atoms with Crippen LogP contribution in [0, 0.1) is 0 Å². The fourth-order valence-corrected chi connectivity index (χ4v) is 4.38. The third-order valence-electron chi connectivity index (χ3n) is 6.92. The van der Waals surface area contributed by atoms with E-state index in [0.717, 1.165) is 49.7 Å². The smallest absolute Gasteiger partial charge is 0.399 e. The highest BCUT2D eigenvalue weighted by molar-refractivity contribution is 6.62. The van der Waals surface area contributed by atoms with E-state index in [1.807, 2.05) is 42.5 Å². The summed E-state index contributed by atoms with van der Waals surface area (Å²) in [4.78, 5) is 9.71. The number of hydrogen-bond donors (Lipinski definition) is 0. The molecule has 1 aliphatic heterocycles. The molecular formula is C28H27BN2O2. The first-order valence-electron chi connectivity index (χ1n) is 11.2. The highest BCUT2D eigenvalue weighted by Crippen LogP contribution is 2.38. The minimum absolute atomic E-state index is 0.408. The fourth-order valence-electron chi connectivity index (χ4n) is 4.38. The zero-order valence-corrected chi connectivity index (χ0v) is 19.6. The van der Waals surface area contributed by atoms with Gasteiger partial charge in [-0.15, -0.1) is 0 Å². The van der Waals surface area contributed by atoms with Gasteiger partial charge in [0.15, 0.2) is 0 Å². The summed E-state index contributed by atoms with van der Waals surface area (Å²) >= 11 is 0. The number of nitrogens with zero attached hydrogens (tertiary/aromatic N) is 2. The SMILES string of the molecule is C=Cc1ccc2c(-c3cc(B4OC(C)(C)C(C)(C)O4)ccn3)nc3ccccc3c2c1C=C. The summed E-state index contributed by atoms with van der Waals surface area (Å²) in [6, 6.07) is 16.3. The van der Waals surface area contributed by atoms with Crippen molar-refractivity contribution in [3.63, 3.8) is 0 Å². The Morgan fingerprint density at radius 2 is 1.61 bits per heavy atom. The number of pyridine rings is 2. The minimum atomic E-state index is -0.459. The predicted octanol–water partition coefficient (Wildman–Crippen LogP) is 6.04. The van der Waals surface area contributed by atoms with Gasteiger partial charge in [-0.05, 0) is 62.5 Å². The number of rotatable bonds is 4. The molecule has 2 aromatic carbocycles. The van der Waals surface area contributed by atoms with Gasteiger partial charge in [-0.2, -0.15) is 0 Å². The third-order valence-corrected chi connectivity index (χ3v) is 6.92. The van der Waals surface area contributed by atoms with Crippen molar-refractivity contribution in [1.29, 1.82) is 0 Å². The molecule has 5 heteroatoms. The lowest BCUT2D eigenvalue weighted by atomic mass is 9.79. The van der Waals surface area contributed by atoms with E-state index in [1.165, 1.54) is 0 Å². The van der Waals surface area contributed by atoms with Gasteiger partial charge in [-0.25, -0.2) is 4.98 Å². The normalized spacial score (nSPS) is 16.9. The molecule has 33 heavy (non-hydrogen) atoms. The Hall–Kier alpha value is -3.28. The van der Waals surface area contributed by atoms with Crippen molar-refractivity contribution in [1.82, 2.24) is 9.97 Å². The van der Waals surface area contributed by atoms with Crippen LogP contribution < -0.4 is 5.46 Å². The van der Waals surface area contributed by atoms with Gasteiger partial charge in [-0.3, -0.25) is 4.98 Å². The molecule has 0 bridgehead atoms. The maximum absolute atomic E-state index is 6.27. The molecule has 0 N–H and O–H groups in total.